The van der Waals surface area contributed by atoms with Gasteiger partial charge in [0.25, 0.3) is 5.56 Å². The van der Waals surface area contributed by atoms with E-state index >= 15 is 0 Å². The lowest BCUT2D eigenvalue weighted by molar-refractivity contribution is 0.708. The summed E-state index contributed by atoms with van der Waals surface area (Å²) in [6.45, 7) is 2.05. The Labute approximate surface area is 103 Å². The van der Waals surface area contributed by atoms with Crippen LogP contribution >= 0.6 is 0 Å². The maximum atomic E-state index is 12.2. The van der Waals surface area contributed by atoms with Crippen molar-refractivity contribution >= 4 is 16.7 Å². The van der Waals surface area contributed by atoms with Crippen LogP contribution in [-0.2, 0) is 20.5 Å². The second-order valence-corrected chi connectivity index (χ2v) is 4.81. The minimum atomic E-state index is -0.356. The molecule has 0 saturated heterocycles. The van der Waals surface area contributed by atoms with E-state index in [9.17, 15) is 9.59 Å². The number of pyridine rings is 1. The lowest BCUT2D eigenvalue weighted by Crippen LogP contribution is -2.37. The highest BCUT2D eigenvalue weighted by Crippen LogP contribution is 2.29. The Balaban J connectivity index is 2.55. The van der Waals surface area contributed by atoms with E-state index in [-0.39, 0.29) is 17.3 Å². The van der Waals surface area contributed by atoms with E-state index in [4.69, 9.17) is 0 Å². The Bertz CT molecular complexity index is 772. The zero-order chi connectivity index (χ0) is 13.0. The van der Waals surface area contributed by atoms with Gasteiger partial charge in [0.15, 0.2) is 5.65 Å². The van der Waals surface area contributed by atoms with E-state index in [0.29, 0.717) is 11.0 Å². The van der Waals surface area contributed by atoms with Gasteiger partial charge in [-0.1, -0.05) is 0 Å². The average molecular weight is 246 g/mol. The molecule has 1 aliphatic rings. The summed E-state index contributed by atoms with van der Waals surface area (Å²) < 4.78 is 2.52. The number of nitrogens with zero attached hydrogens (tertiary/aromatic N) is 3. The van der Waals surface area contributed by atoms with Crippen molar-refractivity contribution in [2.75, 3.05) is 5.32 Å². The molecule has 94 valence electrons. The van der Waals surface area contributed by atoms with Crippen LogP contribution in [0.25, 0.3) is 11.0 Å². The fourth-order valence-corrected chi connectivity index (χ4v) is 2.51. The number of aromatic nitrogens is 3. The highest BCUT2D eigenvalue weighted by Gasteiger charge is 2.23. The van der Waals surface area contributed by atoms with Crippen LogP contribution in [0.1, 0.15) is 12.5 Å². The Morgan fingerprint density at radius 3 is 2.78 bits per heavy atom. The summed E-state index contributed by atoms with van der Waals surface area (Å²) in [5, 5.41) is 3.79. The van der Waals surface area contributed by atoms with Crippen molar-refractivity contribution in [1.82, 2.24) is 14.1 Å². The van der Waals surface area contributed by atoms with Crippen LogP contribution in [0.2, 0.25) is 0 Å². The highest BCUT2D eigenvalue weighted by atomic mass is 16.2. The molecule has 0 bridgehead atoms. The van der Waals surface area contributed by atoms with Gasteiger partial charge in [0.05, 0.1) is 5.69 Å². The molecule has 2 aromatic rings. The van der Waals surface area contributed by atoms with Crippen LogP contribution in [0, 0.1) is 0 Å². The third kappa shape index (κ3) is 1.25. The van der Waals surface area contributed by atoms with Crippen LogP contribution in [0.15, 0.2) is 15.8 Å². The van der Waals surface area contributed by atoms with Crippen molar-refractivity contribution < 1.29 is 0 Å². The van der Waals surface area contributed by atoms with Gasteiger partial charge in [-0.3, -0.25) is 13.9 Å². The fraction of sp³-hybridized carbons (Fsp3) is 0.417. The van der Waals surface area contributed by atoms with Gasteiger partial charge in [-0.2, -0.15) is 0 Å². The van der Waals surface area contributed by atoms with Crippen molar-refractivity contribution in [1.29, 1.82) is 0 Å². The van der Waals surface area contributed by atoms with E-state index in [0.717, 1.165) is 22.2 Å². The minimum absolute atomic E-state index is 0.286. The molecule has 0 aromatic carbocycles. The molecule has 1 atom stereocenters. The molecule has 3 rings (SSSR count). The van der Waals surface area contributed by atoms with Crippen LogP contribution in [0.4, 0.5) is 5.69 Å². The molecule has 2 aromatic heterocycles. The zero-order valence-electron chi connectivity index (χ0n) is 10.5. The number of nitrogens with one attached hydrogen (secondary N) is 1. The summed E-state index contributed by atoms with van der Waals surface area (Å²) in [7, 11) is 3.11. The predicted octanol–water partition coefficient (Wildman–Crippen LogP) is -0.0113. The quantitative estimate of drug-likeness (QED) is 0.709. The second kappa shape index (κ2) is 3.44. The van der Waals surface area contributed by atoms with Gasteiger partial charge in [0.2, 0.25) is 0 Å². The third-order valence-corrected chi connectivity index (χ3v) is 3.46. The first kappa shape index (κ1) is 11.0. The Kier molecular flexibility index (Phi) is 2.10. The smallest absolute Gasteiger partial charge is 0.332 e. The Morgan fingerprint density at radius 1 is 1.33 bits per heavy atom. The van der Waals surface area contributed by atoms with Crippen LogP contribution in [0.3, 0.4) is 0 Å². The van der Waals surface area contributed by atoms with Gasteiger partial charge in [-0.15, -0.1) is 0 Å². The van der Waals surface area contributed by atoms with E-state index < -0.39 is 0 Å². The van der Waals surface area contributed by atoms with E-state index in [1.54, 1.807) is 13.2 Å². The normalized spacial score (nSPS) is 17.8. The minimum Gasteiger partial charge on any atom is -0.381 e. The predicted molar refractivity (Wildman–Crippen MR) is 69.0 cm³/mol. The maximum absolute atomic E-state index is 12.2. The third-order valence-electron chi connectivity index (χ3n) is 3.46. The van der Waals surface area contributed by atoms with Crippen molar-refractivity contribution in [2.45, 2.75) is 19.4 Å². The molecule has 0 fully saturated rings. The summed E-state index contributed by atoms with van der Waals surface area (Å²) >= 11 is 0. The standard InChI is InChI=1S/C12H14N4O2/c1-6-4-7-5-13-10-8(9(7)14-6)11(17)16(3)12(18)15(10)2/h5-6,14H,4H2,1-3H3/t6-/m0/s1. The monoisotopic (exact) mass is 246 g/mol. The Morgan fingerprint density at radius 2 is 2.06 bits per heavy atom. The fourth-order valence-electron chi connectivity index (χ4n) is 2.51. The molecule has 0 unspecified atom stereocenters. The lowest BCUT2D eigenvalue weighted by Gasteiger charge is -2.10. The summed E-state index contributed by atoms with van der Waals surface area (Å²) in [6, 6.07) is 0.286. The van der Waals surface area contributed by atoms with E-state index in [2.05, 4.69) is 17.2 Å². The molecule has 6 nitrogen and oxygen atoms in total. The van der Waals surface area contributed by atoms with Crippen molar-refractivity contribution in [3.8, 4) is 0 Å². The van der Waals surface area contributed by atoms with Crippen molar-refractivity contribution in [3.63, 3.8) is 0 Å². The first-order chi connectivity index (χ1) is 8.50. The SMILES string of the molecule is C[C@H]1Cc2cnc3c(c2N1)c(=O)n(C)c(=O)n3C. The Hall–Kier alpha value is -2.11. The van der Waals surface area contributed by atoms with Crippen molar-refractivity contribution in [2.24, 2.45) is 14.1 Å². The molecule has 0 saturated carbocycles. The summed E-state index contributed by atoms with van der Waals surface area (Å²) in [4.78, 5) is 28.3. The van der Waals surface area contributed by atoms with Crippen molar-refractivity contribution in [3.05, 3.63) is 32.6 Å². The van der Waals surface area contributed by atoms with E-state index in [1.165, 1.54) is 11.6 Å². The molecule has 1 aliphatic heterocycles. The molecule has 3 heterocycles. The highest BCUT2D eigenvalue weighted by molar-refractivity contribution is 5.91. The first-order valence-corrected chi connectivity index (χ1v) is 5.85. The number of rotatable bonds is 0. The van der Waals surface area contributed by atoms with Gasteiger partial charge in [0, 0.05) is 26.3 Å². The number of hydrogen-bond donors (Lipinski definition) is 1. The lowest BCUT2D eigenvalue weighted by atomic mass is 10.1. The largest absolute Gasteiger partial charge is 0.381 e. The van der Waals surface area contributed by atoms with Gasteiger partial charge in [-0.25, -0.2) is 9.78 Å². The molecule has 0 radical (unpaired) electrons. The molecular weight excluding hydrogens is 232 g/mol. The van der Waals surface area contributed by atoms with Gasteiger partial charge in [0.1, 0.15) is 5.39 Å². The topological polar surface area (TPSA) is 68.9 Å². The number of anilines is 1. The van der Waals surface area contributed by atoms with Crippen LogP contribution < -0.4 is 16.6 Å². The first-order valence-electron chi connectivity index (χ1n) is 5.85. The number of aryl methyl sites for hydroxylation is 1. The number of hydrogen-bond acceptors (Lipinski definition) is 4. The second-order valence-electron chi connectivity index (χ2n) is 4.81. The molecule has 18 heavy (non-hydrogen) atoms. The molecule has 0 amide bonds. The van der Waals surface area contributed by atoms with Gasteiger partial charge >= 0.3 is 5.69 Å². The summed E-state index contributed by atoms with van der Waals surface area (Å²) in [5.41, 5.74) is 1.64. The summed E-state index contributed by atoms with van der Waals surface area (Å²) in [5.74, 6) is 0. The van der Waals surface area contributed by atoms with Crippen LogP contribution in [-0.4, -0.2) is 20.2 Å². The molecule has 0 spiro atoms. The van der Waals surface area contributed by atoms with Gasteiger partial charge < -0.3 is 5.32 Å². The number of fused-ring (bicyclic) bond motifs is 3. The molecular formula is C12H14N4O2. The summed E-state index contributed by atoms with van der Waals surface area (Å²) in [6.07, 6.45) is 2.59. The maximum Gasteiger partial charge on any atom is 0.332 e. The van der Waals surface area contributed by atoms with E-state index in [1.807, 2.05) is 0 Å². The van der Waals surface area contributed by atoms with Gasteiger partial charge in [-0.05, 0) is 18.9 Å². The molecule has 0 aliphatic carbocycles. The molecule has 1 N–H and O–H groups in total. The van der Waals surface area contributed by atoms with Crippen LogP contribution in [0.5, 0.6) is 0 Å². The molecule has 6 heteroatoms. The average Bonchev–Trinajstić information content (AvgIpc) is 2.72. The zero-order valence-corrected chi connectivity index (χ0v) is 10.5.